The van der Waals surface area contributed by atoms with Crippen LogP contribution >= 0.6 is 0 Å². The van der Waals surface area contributed by atoms with Crippen molar-refractivity contribution < 1.29 is 4.74 Å². The van der Waals surface area contributed by atoms with Crippen molar-refractivity contribution in [3.8, 4) is 0 Å². The first-order chi connectivity index (χ1) is 8.22. The molecule has 0 bridgehead atoms. The number of hydrogen-bond donors (Lipinski definition) is 1. The van der Waals surface area contributed by atoms with Crippen LogP contribution in [0, 0.1) is 0 Å². The number of benzene rings is 1. The summed E-state index contributed by atoms with van der Waals surface area (Å²) in [7, 11) is 5.94. The molecular weight excluding hydrogens is 212 g/mol. The highest BCUT2D eigenvalue weighted by molar-refractivity contribution is 5.22. The van der Waals surface area contributed by atoms with E-state index >= 15 is 0 Å². The van der Waals surface area contributed by atoms with Crippen LogP contribution in [0.2, 0.25) is 0 Å². The van der Waals surface area contributed by atoms with Crippen molar-refractivity contribution in [3.63, 3.8) is 0 Å². The molecule has 0 heterocycles. The molecule has 0 unspecified atom stereocenters. The largest absolute Gasteiger partial charge is 0.380 e. The molecule has 96 valence electrons. The molecule has 0 fully saturated rings. The maximum absolute atomic E-state index is 5.13. The summed E-state index contributed by atoms with van der Waals surface area (Å²) in [5.41, 5.74) is 2.56. The van der Waals surface area contributed by atoms with E-state index in [1.807, 2.05) is 0 Å². The summed E-state index contributed by atoms with van der Waals surface area (Å²) < 4.78 is 5.13. The average Bonchev–Trinajstić information content (AvgIpc) is 2.29. The Bertz CT molecular complexity index is 313. The van der Waals surface area contributed by atoms with Crippen LogP contribution < -0.4 is 5.32 Å². The smallest absolute Gasteiger partial charge is 0.0713 e. The summed E-state index contributed by atoms with van der Waals surface area (Å²) in [6.07, 6.45) is 1.19. The second kappa shape index (κ2) is 8.23. The minimum absolute atomic E-state index is 0.689. The van der Waals surface area contributed by atoms with Gasteiger partial charge in [0.1, 0.15) is 0 Å². The highest BCUT2D eigenvalue weighted by Crippen LogP contribution is 2.06. The third-order valence-corrected chi connectivity index (χ3v) is 2.59. The molecule has 0 aliphatic rings. The van der Waals surface area contributed by atoms with Gasteiger partial charge in [-0.3, -0.25) is 0 Å². The van der Waals surface area contributed by atoms with Gasteiger partial charge in [0, 0.05) is 13.7 Å². The highest BCUT2D eigenvalue weighted by Gasteiger charge is 1.96. The number of hydrogen-bond acceptors (Lipinski definition) is 3. The van der Waals surface area contributed by atoms with Crippen molar-refractivity contribution in [1.82, 2.24) is 10.2 Å². The molecule has 1 rings (SSSR count). The minimum Gasteiger partial charge on any atom is -0.380 e. The lowest BCUT2D eigenvalue weighted by molar-refractivity contribution is 0.185. The number of methoxy groups -OCH3 is 1. The van der Waals surface area contributed by atoms with Gasteiger partial charge >= 0.3 is 0 Å². The SMILES string of the molecule is COCc1cccc(CNCCCN(C)C)c1. The van der Waals surface area contributed by atoms with Crippen LogP contribution in [-0.4, -0.2) is 39.2 Å². The van der Waals surface area contributed by atoms with Crippen molar-refractivity contribution in [3.05, 3.63) is 35.4 Å². The van der Waals surface area contributed by atoms with Gasteiger partial charge in [0.05, 0.1) is 6.61 Å². The molecule has 0 saturated heterocycles. The second-order valence-electron chi connectivity index (χ2n) is 4.59. The summed E-state index contributed by atoms with van der Waals surface area (Å²) in [5, 5.41) is 3.46. The van der Waals surface area contributed by atoms with Gasteiger partial charge in [-0.2, -0.15) is 0 Å². The number of rotatable bonds is 8. The van der Waals surface area contributed by atoms with Crippen LogP contribution in [0.25, 0.3) is 0 Å². The van der Waals surface area contributed by atoms with Gasteiger partial charge in [0.25, 0.3) is 0 Å². The first kappa shape index (κ1) is 14.2. The Morgan fingerprint density at radius 2 is 2.00 bits per heavy atom. The zero-order chi connectivity index (χ0) is 12.5. The molecule has 3 nitrogen and oxygen atoms in total. The van der Waals surface area contributed by atoms with Gasteiger partial charge in [-0.05, 0) is 44.7 Å². The Kier molecular flexibility index (Phi) is 6.86. The Balaban J connectivity index is 2.24. The van der Waals surface area contributed by atoms with Crippen LogP contribution in [0.5, 0.6) is 0 Å². The van der Waals surface area contributed by atoms with Crippen LogP contribution in [0.3, 0.4) is 0 Å². The highest BCUT2D eigenvalue weighted by atomic mass is 16.5. The van der Waals surface area contributed by atoms with E-state index in [0.29, 0.717) is 6.61 Å². The first-order valence-corrected chi connectivity index (χ1v) is 6.14. The molecule has 0 amide bonds. The van der Waals surface area contributed by atoms with E-state index in [1.165, 1.54) is 17.5 Å². The molecular formula is C14H24N2O. The van der Waals surface area contributed by atoms with Gasteiger partial charge in [0.2, 0.25) is 0 Å². The van der Waals surface area contributed by atoms with Crippen molar-refractivity contribution in [1.29, 1.82) is 0 Å². The molecule has 1 N–H and O–H groups in total. The van der Waals surface area contributed by atoms with Gasteiger partial charge in [-0.15, -0.1) is 0 Å². The zero-order valence-corrected chi connectivity index (χ0v) is 11.2. The van der Waals surface area contributed by atoms with Gasteiger partial charge in [-0.1, -0.05) is 24.3 Å². The molecule has 0 aromatic heterocycles. The van der Waals surface area contributed by atoms with Crippen LogP contribution in [0.4, 0.5) is 0 Å². The molecule has 0 radical (unpaired) electrons. The van der Waals surface area contributed by atoms with Crippen molar-refractivity contribution in [2.75, 3.05) is 34.3 Å². The molecule has 1 aromatic rings. The van der Waals surface area contributed by atoms with E-state index < -0.39 is 0 Å². The Labute approximate surface area is 105 Å². The molecule has 1 aromatic carbocycles. The van der Waals surface area contributed by atoms with E-state index in [1.54, 1.807) is 7.11 Å². The maximum Gasteiger partial charge on any atom is 0.0713 e. The maximum atomic E-state index is 5.13. The predicted molar refractivity (Wildman–Crippen MR) is 72.0 cm³/mol. The summed E-state index contributed by atoms with van der Waals surface area (Å²) in [4.78, 5) is 2.21. The van der Waals surface area contributed by atoms with Crippen molar-refractivity contribution in [2.45, 2.75) is 19.6 Å². The summed E-state index contributed by atoms with van der Waals surface area (Å²) in [5.74, 6) is 0. The summed E-state index contributed by atoms with van der Waals surface area (Å²) in [6, 6.07) is 8.53. The summed E-state index contributed by atoms with van der Waals surface area (Å²) in [6.45, 7) is 3.82. The molecule has 0 aliphatic carbocycles. The van der Waals surface area contributed by atoms with Crippen molar-refractivity contribution >= 4 is 0 Å². The average molecular weight is 236 g/mol. The van der Waals surface area contributed by atoms with E-state index in [2.05, 4.69) is 48.6 Å². The standard InChI is InChI=1S/C14H24N2O/c1-16(2)9-5-8-15-11-13-6-4-7-14(10-13)12-17-3/h4,6-7,10,15H,5,8-9,11-12H2,1-3H3. The van der Waals surface area contributed by atoms with Crippen LogP contribution in [0.15, 0.2) is 24.3 Å². The van der Waals surface area contributed by atoms with Gasteiger partial charge in [-0.25, -0.2) is 0 Å². The van der Waals surface area contributed by atoms with E-state index in [-0.39, 0.29) is 0 Å². The molecule has 0 aliphatic heterocycles. The third-order valence-electron chi connectivity index (χ3n) is 2.59. The molecule has 0 spiro atoms. The Morgan fingerprint density at radius 1 is 1.24 bits per heavy atom. The van der Waals surface area contributed by atoms with Crippen LogP contribution in [0.1, 0.15) is 17.5 Å². The lowest BCUT2D eigenvalue weighted by Crippen LogP contribution is -2.21. The lowest BCUT2D eigenvalue weighted by atomic mass is 10.1. The normalized spacial score (nSPS) is 11.1. The molecule has 0 saturated carbocycles. The first-order valence-electron chi connectivity index (χ1n) is 6.14. The van der Waals surface area contributed by atoms with Crippen molar-refractivity contribution in [2.24, 2.45) is 0 Å². The molecule has 3 heteroatoms. The number of ether oxygens (including phenoxy) is 1. The quantitative estimate of drug-likeness (QED) is 0.697. The van der Waals surface area contributed by atoms with Crippen LogP contribution in [-0.2, 0) is 17.9 Å². The predicted octanol–water partition coefficient (Wildman–Crippen LogP) is 1.87. The summed E-state index contributed by atoms with van der Waals surface area (Å²) >= 11 is 0. The van der Waals surface area contributed by atoms with E-state index in [4.69, 9.17) is 4.74 Å². The fourth-order valence-electron chi connectivity index (χ4n) is 1.75. The lowest BCUT2D eigenvalue weighted by Gasteiger charge is -2.10. The Morgan fingerprint density at radius 3 is 2.71 bits per heavy atom. The van der Waals surface area contributed by atoms with E-state index in [9.17, 15) is 0 Å². The second-order valence-corrected chi connectivity index (χ2v) is 4.59. The molecule has 0 atom stereocenters. The number of nitrogens with zero attached hydrogens (tertiary/aromatic N) is 1. The fraction of sp³-hybridized carbons (Fsp3) is 0.571. The zero-order valence-electron chi connectivity index (χ0n) is 11.2. The van der Waals surface area contributed by atoms with E-state index in [0.717, 1.165) is 19.6 Å². The van der Waals surface area contributed by atoms with Gasteiger partial charge in [0.15, 0.2) is 0 Å². The third kappa shape index (κ3) is 6.41. The monoisotopic (exact) mass is 236 g/mol. The minimum atomic E-state index is 0.689. The van der Waals surface area contributed by atoms with Gasteiger partial charge < -0.3 is 15.0 Å². The topological polar surface area (TPSA) is 24.5 Å². The Hall–Kier alpha value is -0.900. The molecule has 17 heavy (non-hydrogen) atoms. The number of nitrogens with one attached hydrogen (secondary N) is 1. The fourth-order valence-corrected chi connectivity index (χ4v) is 1.75.